The van der Waals surface area contributed by atoms with Crippen LogP contribution in [0.3, 0.4) is 0 Å². The minimum Gasteiger partial charge on any atom is -0.497 e. The number of aliphatic imine (C=N–C) groups is 1. The van der Waals surface area contributed by atoms with Crippen molar-refractivity contribution in [3.8, 4) is 5.75 Å². The van der Waals surface area contributed by atoms with E-state index < -0.39 is 0 Å². The Hall–Kier alpha value is -3.68. The molecule has 0 bridgehead atoms. The van der Waals surface area contributed by atoms with E-state index in [1.165, 1.54) is 0 Å². The molecule has 3 aromatic rings. The molecule has 1 aromatic carbocycles. The third-order valence-electron chi connectivity index (χ3n) is 5.40. The molecule has 160 valence electrons. The van der Waals surface area contributed by atoms with Gasteiger partial charge in [-0.2, -0.15) is 0 Å². The second-order valence-corrected chi connectivity index (χ2v) is 7.59. The van der Waals surface area contributed by atoms with Crippen LogP contribution in [-0.2, 0) is 0 Å². The number of nitrogens with zero attached hydrogens (tertiary/aromatic N) is 4. The van der Waals surface area contributed by atoms with Crippen LogP contribution in [-0.4, -0.2) is 40.1 Å². The maximum absolute atomic E-state index is 5.67. The highest BCUT2D eigenvalue weighted by Gasteiger charge is 2.26. The van der Waals surface area contributed by atoms with Crippen molar-refractivity contribution >= 4 is 34.8 Å². The fourth-order valence-electron chi connectivity index (χ4n) is 3.88. The molecule has 0 spiro atoms. The van der Waals surface area contributed by atoms with E-state index in [0.29, 0.717) is 5.82 Å². The molecule has 2 heterocycles. The van der Waals surface area contributed by atoms with Gasteiger partial charge in [-0.3, -0.25) is 4.98 Å². The number of guanidine groups is 1. The van der Waals surface area contributed by atoms with Crippen molar-refractivity contribution in [1.29, 1.82) is 0 Å². The normalized spacial score (nSPS) is 18.7. The van der Waals surface area contributed by atoms with E-state index in [9.17, 15) is 0 Å². The summed E-state index contributed by atoms with van der Waals surface area (Å²) in [5, 5.41) is 4.49. The number of benzene rings is 1. The highest BCUT2D eigenvalue weighted by atomic mass is 16.5. The SMILES string of the molecule is COc1ccc2nc(C=Cc3cccnc3)nc(NC3CCCCC3N=C(N)N)c2c1. The van der Waals surface area contributed by atoms with E-state index in [-0.39, 0.29) is 18.0 Å². The number of methoxy groups -OCH3 is 1. The van der Waals surface area contributed by atoms with Gasteiger partial charge in [0.1, 0.15) is 11.6 Å². The highest BCUT2D eigenvalue weighted by molar-refractivity contribution is 5.91. The van der Waals surface area contributed by atoms with E-state index in [0.717, 1.165) is 53.7 Å². The van der Waals surface area contributed by atoms with Crippen LogP contribution >= 0.6 is 0 Å². The first kappa shape index (κ1) is 20.6. The summed E-state index contributed by atoms with van der Waals surface area (Å²) in [6.07, 6.45) is 11.5. The quantitative estimate of drug-likeness (QED) is 0.415. The van der Waals surface area contributed by atoms with Crippen molar-refractivity contribution in [1.82, 2.24) is 15.0 Å². The van der Waals surface area contributed by atoms with Crippen molar-refractivity contribution in [2.45, 2.75) is 37.8 Å². The Morgan fingerprint density at radius 3 is 2.81 bits per heavy atom. The molecule has 0 aliphatic heterocycles. The Labute approximate surface area is 181 Å². The molecule has 1 saturated carbocycles. The second kappa shape index (κ2) is 9.42. The van der Waals surface area contributed by atoms with Gasteiger partial charge in [-0.15, -0.1) is 0 Å². The Bertz CT molecular complexity index is 1090. The minimum atomic E-state index is 0.0174. The van der Waals surface area contributed by atoms with Gasteiger partial charge in [0.25, 0.3) is 0 Å². The predicted octanol–water partition coefficient (Wildman–Crippen LogP) is 3.20. The summed E-state index contributed by atoms with van der Waals surface area (Å²) in [5.41, 5.74) is 13.2. The van der Waals surface area contributed by atoms with Crippen LogP contribution in [0.15, 0.2) is 47.7 Å². The number of nitrogens with one attached hydrogen (secondary N) is 1. The van der Waals surface area contributed by atoms with Crippen LogP contribution in [0.1, 0.15) is 37.1 Å². The largest absolute Gasteiger partial charge is 0.497 e. The monoisotopic (exact) mass is 417 g/mol. The number of nitrogens with two attached hydrogens (primary N) is 2. The number of fused-ring (bicyclic) bond motifs is 1. The van der Waals surface area contributed by atoms with E-state index in [4.69, 9.17) is 26.2 Å². The van der Waals surface area contributed by atoms with E-state index in [2.05, 4.69) is 15.3 Å². The summed E-state index contributed by atoms with van der Waals surface area (Å²) >= 11 is 0. The zero-order chi connectivity index (χ0) is 21.6. The lowest BCUT2D eigenvalue weighted by atomic mass is 9.90. The molecular weight excluding hydrogens is 390 g/mol. The van der Waals surface area contributed by atoms with Crippen molar-refractivity contribution in [3.63, 3.8) is 0 Å². The van der Waals surface area contributed by atoms with Gasteiger partial charge in [0.15, 0.2) is 11.8 Å². The summed E-state index contributed by atoms with van der Waals surface area (Å²) in [7, 11) is 1.65. The molecule has 1 aliphatic rings. The average molecular weight is 418 g/mol. The van der Waals surface area contributed by atoms with Crippen molar-refractivity contribution in [2.75, 3.05) is 12.4 Å². The van der Waals surface area contributed by atoms with Crippen molar-refractivity contribution in [2.24, 2.45) is 16.5 Å². The van der Waals surface area contributed by atoms with Crippen LogP contribution in [0, 0.1) is 0 Å². The number of aromatic nitrogens is 3. The van der Waals surface area contributed by atoms with Gasteiger partial charge in [0.05, 0.1) is 24.7 Å². The molecule has 2 unspecified atom stereocenters. The standard InChI is InChI=1S/C23H27N7O/c1-31-16-9-10-18-17(13-16)22(28-19-6-2-3-7-20(19)29-23(24)25)30-21(27-18)11-8-15-5-4-12-26-14-15/h4-5,8-14,19-20H,2-3,6-7H2,1H3,(H4,24,25,29)(H,27,28,30). The molecule has 8 heteroatoms. The number of hydrogen-bond acceptors (Lipinski definition) is 6. The van der Waals surface area contributed by atoms with Crippen molar-refractivity contribution in [3.05, 3.63) is 54.1 Å². The molecular formula is C23H27N7O. The van der Waals surface area contributed by atoms with Gasteiger partial charge in [-0.25, -0.2) is 15.0 Å². The maximum atomic E-state index is 5.67. The van der Waals surface area contributed by atoms with Gasteiger partial charge < -0.3 is 21.5 Å². The Morgan fingerprint density at radius 1 is 1.16 bits per heavy atom. The zero-order valence-corrected chi connectivity index (χ0v) is 17.5. The molecule has 1 fully saturated rings. The fraction of sp³-hybridized carbons (Fsp3) is 0.304. The number of ether oxygens (including phenoxy) is 1. The molecule has 2 aromatic heterocycles. The lowest BCUT2D eigenvalue weighted by molar-refractivity contribution is 0.405. The lowest BCUT2D eigenvalue weighted by Gasteiger charge is -2.30. The third kappa shape index (κ3) is 5.09. The Morgan fingerprint density at radius 2 is 2.03 bits per heavy atom. The number of pyridine rings is 1. The first-order chi connectivity index (χ1) is 15.1. The molecule has 5 N–H and O–H groups in total. The van der Waals surface area contributed by atoms with Gasteiger partial charge in [0, 0.05) is 17.8 Å². The van der Waals surface area contributed by atoms with E-state index >= 15 is 0 Å². The average Bonchev–Trinajstić information content (AvgIpc) is 2.79. The predicted molar refractivity (Wildman–Crippen MR) is 125 cm³/mol. The minimum absolute atomic E-state index is 0.0174. The first-order valence-corrected chi connectivity index (χ1v) is 10.4. The summed E-state index contributed by atoms with van der Waals surface area (Å²) in [6, 6.07) is 9.78. The van der Waals surface area contributed by atoms with Gasteiger partial charge >= 0.3 is 0 Å². The molecule has 0 amide bonds. The number of hydrogen-bond donors (Lipinski definition) is 3. The Kier molecular flexibility index (Phi) is 6.26. The number of anilines is 1. The summed E-state index contributed by atoms with van der Waals surface area (Å²) in [5.74, 6) is 2.23. The van der Waals surface area contributed by atoms with Gasteiger partial charge in [0.2, 0.25) is 0 Å². The molecule has 2 atom stereocenters. The van der Waals surface area contributed by atoms with E-state index in [1.807, 2.05) is 42.5 Å². The molecule has 0 saturated heterocycles. The van der Waals surface area contributed by atoms with Crippen LogP contribution in [0.25, 0.3) is 23.1 Å². The first-order valence-electron chi connectivity index (χ1n) is 10.4. The van der Waals surface area contributed by atoms with Gasteiger partial charge in [-0.1, -0.05) is 18.9 Å². The molecule has 1 aliphatic carbocycles. The number of rotatable bonds is 6. The zero-order valence-electron chi connectivity index (χ0n) is 17.5. The summed E-state index contributed by atoms with van der Waals surface area (Å²) in [6.45, 7) is 0. The van der Waals surface area contributed by atoms with Gasteiger partial charge in [-0.05, 0) is 54.8 Å². The summed E-state index contributed by atoms with van der Waals surface area (Å²) in [4.78, 5) is 18.1. The second-order valence-electron chi connectivity index (χ2n) is 7.59. The fourth-order valence-corrected chi connectivity index (χ4v) is 3.88. The van der Waals surface area contributed by atoms with Crippen molar-refractivity contribution < 1.29 is 4.74 Å². The molecule has 4 rings (SSSR count). The smallest absolute Gasteiger partial charge is 0.186 e. The van der Waals surface area contributed by atoms with Crippen LogP contribution in [0.4, 0.5) is 5.82 Å². The highest BCUT2D eigenvalue weighted by Crippen LogP contribution is 2.29. The molecule has 0 radical (unpaired) electrons. The van der Waals surface area contributed by atoms with Crippen LogP contribution < -0.4 is 21.5 Å². The van der Waals surface area contributed by atoms with Crippen LogP contribution in [0.5, 0.6) is 5.75 Å². The topological polar surface area (TPSA) is 124 Å². The molecule has 31 heavy (non-hydrogen) atoms. The Balaban J connectivity index is 1.72. The summed E-state index contributed by atoms with van der Waals surface area (Å²) < 4.78 is 5.42. The lowest BCUT2D eigenvalue weighted by Crippen LogP contribution is -2.38. The molecule has 8 nitrogen and oxygen atoms in total. The van der Waals surface area contributed by atoms with Crippen LogP contribution in [0.2, 0.25) is 0 Å². The maximum Gasteiger partial charge on any atom is 0.186 e. The van der Waals surface area contributed by atoms with E-state index in [1.54, 1.807) is 19.5 Å². The third-order valence-corrected chi connectivity index (χ3v) is 5.40.